The molecule has 5 nitrogen and oxygen atoms in total. The van der Waals surface area contributed by atoms with Crippen molar-refractivity contribution in [3.8, 4) is 5.75 Å². The molecule has 0 aliphatic rings. The Morgan fingerprint density at radius 2 is 1.24 bits per heavy atom. The maximum absolute atomic E-state index is 11.9. The van der Waals surface area contributed by atoms with Gasteiger partial charge in [-0.2, -0.15) is 0 Å². The van der Waals surface area contributed by atoms with Crippen LogP contribution in [-0.4, -0.2) is 81.9 Å². The predicted molar refractivity (Wildman–Crippen MR) is 131 cm³/mol. The molecule has 0 N–H and O–H groups in total. The van der Waals surface area contributed by atoms with Gasteiger partial charge in [-0.25, -0.2) is 4.79 Å². The third-order valence-electron chi connectivity index (χ3n) is 6.27. The van der Waals surface area contributed by atoms with Gasteiger partial charge in [0.15, 0.2) is 0 Å². The summed E-state index contributed by atoms with van der Waals surface area (Å²) in [6.07, 6.45) is 10.4. The zero-order valence-electron chi connectivity index (χ0n) is 22.2. The molecule has 0 aliphatic carbocycles. The molecule has 0 heterocycles. The first-order chi connectivity index (χ1) is 14.6. The van der Waals surface area contributed by atoms with E-state index < -0.39 is 0 Å². The van der Waals surface area contributed by atoms with Crippen molar-refractivity contribution in [2.24, 2.45) is 0 Å². The van der Waals surface area contributed by atoms with E-state index in [2.05, 4.69) is 41.2 Å². The van der Waals surface area contributed by atoms with Gasteiger partial charge in [0, 0.05) is 19.7 Å². The molecule has 7 heteroatoms. The smallest absolute Gasteiger partial charge is 0.414 e. The summed E-state index contributed by atoms with van der Waals surface area (Å²) >= 11 is 0. The molecule has 0 saturated heterocycles. The maximum atomic E-state index is 11.9. The number of carbonyl (C=O) groups is 1. The average molecular weight is 596 g/mol. The van der Waals surface area contributed by atoms with Crippen molar-refractivity contribution >= 4 is 6.09 Å². The monoisotopic (exact) mass is 593 g/mol. The van der Waals surface area contributed by atoms with E-state index in [1.54, 1.807) is 14.1 Å². The van der Waals surface area contributed by atoms with Crippen molar-refractivity contribution < 1.29 is 52.5 Å². The molecule has 0 spiro atoms. The highest BCUT2D eigenvalue weighted by Crippen LogP contribution is 2.23. The molecule has 0 radical (unpaired) electrons. The number of rotatable bonds is 15. The number of carbonyl (C=O) groups excluding carboxylic acids is 1. The molecule has 0 unspecified atom stereocenters. The van der Waals surface area contributed by atoms with Gasteiger partial charge in [-0.3, -0.25) is 0 Å². The fourth-order valence-electron chi connectivity index (χ4n) is 3.76. The first-order valence-electron chi connectivity index (χ1n) is 12.2. The minimum absolute atomic E-state index is 0. The van der Waals surface area contributed by atoms with E-state index in [9.17, 15) is 4.79 Å². The number of unbranched alkanes of at least 4 members (excludes halogenated alkanes) is 7. The summed E-state index contributed by atoms with van der Waals surface area (Å²) in [4.78, 5) is 13.4. The van der Waals surface area contributed by atoms with Gasteiger partial charge in [0.1, 0.15) is 12.3 Å². The summed E-state index contributed by atoms with van der Waals surface area (Å²) in [5, 5.41) is 0. The minimum atomic E-state index is -0.328. The summed E-state index contributed by atoms with van der Waals surface area (Å²) in [6, 6.07) is 7.90. The molecule has 1 aromatic rings. The lowest BCUT2D eigenvalue weighted by molar-refractivity contribution is -0.903. The van der Waals surface area contributed by atoms with Crippen molar-refractivity contribution in [2.45, 2.75) is 64.8 Å². The van der Waals surface area contributed by atoms with Crippen LogP contribution in [0.15, 0.2) is 24.3 Å². The van der Waals surface area contributed by atoms with Crippen molar-refractivity contribution in [1.82, 2.24) is 4.90 Å². The van der Waals surface area contributed by atoms with E-state index >= 15 is 0 Å². The summed E-state index contributed by atoms with van der Waals surface area (Å²) in [6.45, 7) is 6.81. The Morgan fingerprint density at radius 3 is 1.73 bits per heavy atom. The Kier molecular flexibility index (Phi) is 18.6. The molecule has 0 aromatic heterocycles. The third-order valence-corrected chi connectivity index (χ3v) is 6.27. The van der Waals surface area contributed by atoms with Crippen LogP contribution in [0.5, 0.6) is 5.75 Å². The number of hydrogen-bond donors (Lipinski definition) is 0. The molecular formula is C26H49Br2N3O2. The standard InChI is InChI=1S/C26H49N3O2.2BrH/c1-8-28(4,5)21-17-13-11-9-10-12-14-18-22-29(6,7)23-24-19-15-16-20-25(24)31-26(30)27(2)3;;/h15-16,19-20H,8-14,17-18,21-23H2,1-7H3;2*1H/q+2;;/p-2. The number of amides is 1. The Balaban J connectivity index is 0. The fraction of sp³-hybridized carbons (Fsp3) is 0.731. The second-order valence-corrected chi connectivity index (χ2v) is 10.5. The summed E-state index contributed by atoms with van der Waals surface area (Å²) < 4.78 is 7.61. The Labute approximate surface area is 225 Å². The molecule has 1 amide bonds. The van der Waals surface area contributed by atoms with Crippen LogP contribution in [0.2, 0.25) is 0 Å². The topological polar surface area (TPSA) is 29.5 Å². The Morgan fingerprint density at radius 1 is 0.788 bits per heavy atom. The van der Waals surface area contributed by atoms with E-state index in [0.717, 1.165) is 27.6 Å². The zero-order valence-corrected chi connectivity index (χ0v) is 25.4. The lowest BCUT2D eigenvalue weighted by Crippen LogP contribution is -3.00. The van der Waals surface area contributed by atoms with Gasteiger partial charge < -0.3 is 52.6 Å². The van der Waals surface area contributed by atoms with Crippen LogP contribution in [0.3, 0.4) is 0 Å². The van der Waals surface area contributed by atoms with E-state index in [1.807, 2.05) is 18.2 Å². The van der Waals surface area contributed by atoms with E-state index in [1.165, 1.54) is 69.4 Å². The van der Waals surface area contributed by atoms with E-state index in [4.69, 9.17) is 4.74 Å². The molecule has 0 saturated carbocycles. The highest BCUT2D eigenvalue weighted by molar-refractivity contribution is 5.70. The molecule has 1 rings (SSSR count). The fourth-order valence-corrected chi connectivity index (χ4v) is 3.76. The largest absolute Gasteiger partial charge is 1.00 e. The summed E-state index contributed by atoms with van der Waals surface area (Å²) in [5.41, 5.74) is 1.09. The number of nitrogens with zero attached hydrogens (tertiary/aromatic N) is 3. The lowest BCUT2D eigenvalue weighted by Gasteiger charge is -2.30. The van der Waals surface area contributed by atoms with Crippen molar-refractivity contribution in [3.05, 3.63) is 29.8 Å². The summed E-state index contributed by atoms with van der Waals surface area (Å²) in [5.74, 6) is 0.675. The van der Waals surface area contributed by atoms with Crippen LogP contribution >= 0.6 is 0 Å². The molecule has 33 heavy (non-hydrogen) atoms. The highest BCUT2D eigenvalue weighted by atomic mass is 79.9. The summed E-state index contributed by atoms with van der Waals surface area (Å²) in [7, 11) is 12.6. The SMILES string of the molecule is CC[N+](C)(C)CCCCCCCCCC[N+](C)(C)Cc1ccccc1OC(=O)N(C)C.[Br-].[Br-]. The van der Waals surface area contributed by atoms with Gasteiger partial charge in [-0.1, -0.05) is 37.8 Å². The van der Waals surface area contributed by atoms with Crippen LogP contribution in [0.1, 0.15) is 63.9 Å². The van der Waals surface area contributed by atoms with Crippen LogP contribution in [-0.2, 0) is 6.54 Å². The molecule has 0 bridgehead atoms. The minimum Gasteiger partial charge on any atom is -1.00 e. The van der Waals surface area contributed by atoms with Crippen LogP contribution in [0, 0.1) is 0 Å². The number of halogens is 2. The van der Waals surface area contributed by atoms with Gasteiger partial charge in [0.25, 0.3) is 0 Å². The van der Waals surface area contributed by atoms with Gasteiger partial charge >= 0.3 is 6.09 Å². The van der Waals surface area contributed by atoms with Crippen molar-refractivity contribution in [3.63, 3.8) is 0 Å². The molecule has 1 aromatic carbocycles. The van der Waals surface area contributed by atoms with Gasteiger partial charge in [-0.05, 0) is 44.7 Å². The van der Waals surface area contributed by atoms with E-state index in [-0.39, 0.29) is 40.1 Å². The normalized spacial score (nSPS) is 11.4. The number of ether oxygens (including phenoxy) is 1. The molecule has 194 valence electrons. The van der Waals surface area contributed by atoms with Crippen molar-refractivity contribution in [1.29, 1.82) is 0 Å². The Bertz CT molecular complexity index is 652. The second kappa shape index (κ2) is 17.8. The second-order valence-electron chi connectivity index (χ2n) is 10.5. The van der Waals surface area contributed by atoms with Crippen LogP contribution in [0.25, 0.3) is 0 Å². The molecule has 0 aliphatic heterocycles. The first-order valence-corrected chi connectivity index (χ1v) is 12.2. The van der Waals surface area contributed by atoms with Crippen molar-refractivity contribution in [2.75, 3.05) is 61.9 Å². The average Bonchev–Trinajstić information content (AvgIpc) is 2.70. The third kappa shape index (κ3) is 15.8. The quantitative estimate of drug-likeness (QED) is 0.203. The predicted octanol–water partition coefficient (Wildman–Crippen LogP) is -0.451. The number of para-hydroxylation sites is 1. The number of benzene rings is 1. The molecule has 0 atom stereocenters. The number of quaternary nitrogens is 2. The maximum Gasteiger partial charge on any atom is 0.414 e. The van der Waals surface area contributed by atoms with Gasteiger partial charge in [-0.15, -0.1) is 0 Å². The first kappa shape index (κ1) is 34.5. The zero-order chi connectivity index (χ0) is 23.3. The van der Waals surface area contributed by atoms with Gasteiger partial charge in [0.05, 0.1) is 47.8 Å². The lowest BCUT2D eigenvalue weighted by atomic mass is 10.1. The number of hydrogen-bond acceptors (Lipinski definition) is 2. The highest BCUT2D eigenvalue weighted by Gasteiger charge is 2.19. The molecular weight excluding hydrogens is 546 g/mol. The Hall–Kier alpha value is -0.630. The van der Waals surface area contributed by atoms with Crippen LogP contribution < -0.4 is 38.7 Å². The molecule has 0 fully saturated rings. The van der Waals surface area contributed by atoms with Crippen LogP contribution in [0.4, 0.5) is 4.79 Å². The van der Waals surface area contributed by atoms with Gasteiger partial charge in [0.2, 0.25) is 0 Å². The van der Waals surface area contributed by atoms with E-state index in [0.29, 0.717) is 5.75 Å².